The first-order valence-corrected chi connectivity index (χ1v) is 13.5. The Morgan fingerprint density at radius 2 is 0.818 bits per heavy atom. The van der Waals surface area contributed by atoms with E-state index in [0.717, 1.165) is 38.5 Å². The van der Waals surface area contributed by atoms with Gasteiger partial charge in [-0.2, -0.15) is 0 Å². The fraction of sp³-hybridized carbons (Fsp3) is 0.889. The van der Waals surface area contributed by atoms with Crippen LogP contribution >= 0.6 is 0 Å². The van der Waals surface area contributed by atoms with Gasteiger partial charge in [0.2, 0.25) is 0 Å². The van der Waals surface area contributed by atoms with Gasteiger partial charge in [-0.05, 0) is 38.5 Å². The Hall–Kier alpha value is -1.59. The predicted molar refractivity (Wildman–Crippen MR) is 131 cm³/mol. The first-order chi connectivity index (χ1) is 15.8. The van der Waals surface area contributed by atoms with Crippen molar-refractivity contribution >= 4 is 17.9 Å². The number of unbranched alkanes of at least 4 members (excludes halogenated alkanes) is 3. The Morgan fingerprint density at radius 3 is 1.00 bits per heavy atom. The van der Waals surface area contributed by atoms with Gasteiger partial charge in [-0.25, -0.2) is 0 Å². The summed E-state index contributed by atoms with van der Waals surface area (Å²) in [5, 5.41) is 0. The molecule has 6 nitrogen and oxygen atoms in total. The highest BCUT2D eigenvalue weighted by molar-refractivity contribution is 5.76. The van der Waals surface area contributed by atoms with Crippen molar-refractivity contribution in [2.75, 3.05) is 0 Å². The lowest BCUT2D eigenvalue weighted by Crippen LogP contribution is -2.47. The summed E-state index contributed by atoms with van der Waals surface area (Å²) in [4.78, 5) is 39.1. The molecule has 0 aromatic heterocycles. The topological polar surface area (TPSA) is 78.9 Å². The van der Waals surface area contributed by atoms with Crippen LogP contribution in [0.25, 0.3) is 0 Å². The molecule has 3 unspecified atom stereocenters. The highest BCUT2D eigenvalue weighted by Crippen LogP contribution is 2.29. The summed E-state index contributed by atoms with van der Waals surface area (Å²) >= 11 is 0. The first kappa shape index (κ1) is 31.4. The standard InChI is InChI=1S/C27H50O6/c1-8-15-18-21(11-4)24(28)31-27(14-7,32-25(29)22(12-5)19-16-9-2)33-26(30)23(13-6)20-17-10-3/h21-23H,8-20H2,1-7H3. The lowest BCUT2D eigenvalue weighted by molar-refractivity contribution is -0.335. The number of hydrogen-bond donors (Lipinski definition) is 0. The zero-order chi connectivity index (χ0) is 25.3. The quantitative estimate of drug-likeness (QED) is 0.145. The van der Waals surface area contributed by atoms with Crippen LogP contribution in [0, 0.1) is 17.8 Å². The number of hydrogen-bond acceptors (Lipinski definition) is 6. The molecule has 0 aromatic rings. The average molecular weight is 471 g/mol. The maximum absolute atomic E-state index is 13.0. The van der Waals surface area contributed by atoms with Gasteiger partial charge in [0.1, 0.15) is 0 Å². The molecule has 33 heavy (non-hydrogen) atoms. The molecule has 0 rings (SSSR count). The van der Waals surface area contributed by atoms with Gasteiger partial charge in [-0.3, -0.25) is 14.4 Å². The predicted octanol–water partition coefficient (Wildman–Crippen LogP) is 7.33. The molecule has 0 saturated carbocycles. The van der Waals surface area contributed by atoms with Crippen molar-refractivity contribution in [2.45, 2.75) is 138 Å². The SMILES string of the molecule is CCCCC(CC)C(=O)OC(CC)(OC(=O)C(CC)CCCC)OC(=O)C(CC)CCCC. The van der Waals surface area contributed by atoms with Crippen LogP contribution in [-0.2, 0) is 28.6 Å². The van der Waals surface area contributed by atoms with Gasteiger partial charge in [0.05, 0.1) is 24.2 Å². The number of rotatable bonds is 19. The van der Waals surface area contributed by atoms with E-state index in [4.69, 9.17) is 14.2 Å². The summed E-state index contributed by atoms with van der Waals surface area (Å²) in [5.41, 5.74) is 0. The number of ether oxygens (including phenoxy) is 3. The molecule has 0 N–H and O–H groups in total. The van der Waals surface area contributed by atoms with Gasteiger partial charge in [-0.15, -0.1) is 0 Å². The Bertz CT molecular complexity index is 485. The van der Waals surface area contributed by atoms with Crippen molar-refractivity contribution in [2.24, 2.45) is 17.8 Å². The fourth-order valence-electron chi connectivity index (χ4n) is 3.81. The zero-order valence-electron chi connectivity index (χ0n) is 22.4. The van der Waals surface area contributed by atoms with Crippen LogP contribution in [0.15, 0.2) is 0 Å². The van der Waals surface area contributed by atoms with Crippen molar-refractivity contribution in [3.05, 3.63) is 0 Å². The van der Waals surface area contributed by atoms with Crippen LogP contribution < -0.4 is 0 Å². The molecule has 0 amide bonds. The summed E-state index contributed by atoms with van der Waals surface area (Å²) in [7, 11) is 0. The summed E-state index contributed by atoms with van der Waals surface area (Å²) in [6, 6.07) is 0. The minimum atomic E-state index is -2.01. The maximum Gasteiger partial charge on any atom is 0.423 e. The molecule has 0 aliphatic heterocycles. The van der Waals surface area contributed by atoms with E-state index >= 15 is 0 Å². The molecular formula is C27H50O6. The van der Waals surface area contributed by atoms with Crippen LogP contribution in [0.3, 0.4) is 0 Å². The minimum Gasteiger partial charge on any atom is -0.388 e. The lowest BCUT2D eigenvalue weighted by atomic mass is 9.99. The zero-order valence-corrected chi connectivity index (χ0v) is 22.4. The number of esters is 3. The van der Waals surface area contributed by atoms with E-state index in [1.807, 2.05) is 20.8 Å². The first-order valence-electron chi connectivity index (χ1n) is 13.5. The normalized spacial score (nSPS) is 15.7. The number of carbonyl (C=O) groups is 3. The molecular weight excluding hydrogens is 420 g/mol. The molecule has 0 aliphatic carbocycles. The molecule has 0 bridgehead atoms. The molecule has 0 spiro atoms. The molecule has 0 aromatic carbocycles. The second-order valence-corrected chi connectivity index (χ2v) is 9.04. The highest BCUT2D eigenvalue weighted by atomic mass is 16.9. The van der Waals surface area contributed by atoms with Crippen molar-refractivity contribution in [1.29, 1.82) is 0 Å². The Morgan fingerprint density at radius 1 is 0.545 bits per heavy atom. The van der Waals surface area contributed by atoms with Crippen molar-refractivity contribution in [1.82, 2.24) is 0 Å². The van der Waals surface area contributed by atoms with Crippen LogP contribution in [0.1, 0.15) is 132 Å². The van der Waals surface area contributed by atoms with Crippen LogP contribution in [0.2, 0.25) is 0 Å². The average Bonchev–Trinajstić information content (AvgIpc) is 2.80. The largest absolute Gasteiger partial charge is 0.423 e. The maximum atomic E-state index is 13.0. The van der Waals surface area contributed by atoms with Crippen molar-refractivity contribution in [3.8, 4) is 0 Å². The highest BCUT2D eigenvalue weighted by Gasteiger charge is 2.45. The molecule has 0 heterocycles. The van der Waals surface area contributed by atoms with Gasteiger partial charge in [0, 0.05) is 0 Å². The molecule has 0 fully saturated rings. The second-order valence-electron chi connectivity index (χ2n) is 9.04. The Labute approximate surface area is 202 Å². The van der Waals surface area contributed by atoms with Crippen molar-refractivity contribution in [3.63, 3.8) is 0 Å². The van der Waals surface area contributed by atoms with Crippen molar-refractivity contribution < 1.29 is 28.6 Å². The van der Waals surface area contributed by atoms with Gasteiger partial charge >= 0.3 is 23.9 Å². The summed E-state index contributed by atoms with van der Waals surface area (Å²) < 4.78 is 17.3. The van der Waals surface area contributed by atoms with E-state index in [1.54, 1.807) is 6.92 Å². The molecule has 6 heteroatoms. The molecule has 3 atom stereocenters. The second kappa shape index (κ2) is 17.8. The number of carbonyl (C=O) groups excluding carboxylic acids is 3. The summed E-state index contributed by atoms with van der Waals surface area (Å²) in [6.07, 6.45) is 9.57. The van der Waals surface area contributed by atoms with E-state index in [0.29, 0.717) is 38.5 Å². The third kappa shape index (κ3) is 11.4. The van der Waals surface area contributed by atoms with E-state index in [1.165, 1.54) is 0 Å². The van der Waals surface area contributed by atoms with E-state index < -0.39 is 23.9 Å². The summed E-state index contributed by atoms with van der Waals surface area (Å²) in [5.74, 6) is -4.40. The smallest absolute Gasteiger partial charge is 0.388 e. The molecule has 0 aliphatic rings. The van der Waals surface area contributed by atoms with E-state index in [9.17, 15) is 14.4 Å². The van der Waals surface area contributed by atoms with Gasteiger partial charge in [0.25, 0.3) is 0 Å². The Kier molecular flexibility index (Phi) is 17.0. The molecule has 0 saturated heterocycles. The minimum absolute atomic E-state index is 0.0505. The van der Waals surface area contributed by atoms with Gasteiger partial charge in [-0.1, -0.05) is 87.0 Å². The fourth-order valence-corrected chi connectivity index (χ4v) is 3.81. The van der Waals surface area contributed by atoms with Crippen LogP contribution in [0.5, 0.6) is 0 Å². The Balaban J connectivity index is 5.82. The summed E-state index contributed by atoms with van der Waals surface area (Å²) in [6.45, 7) is 13.7. The third-order valence-electron chi connectivity index (χ3n) is 6.40. The van der Waals surface area contributed by atoms with Crippen LogP contribution in [-0.4, -0.2) is 23.9 Å². The molecule has 194 valence electrons. The third-order valence-corrected chi connectivity index (χ3v) is 6.40. The molecule has 0 radical (unpaired) electrons. The lowest BCUT2D eigenvalue weighted by Gasteiger charge is -2.33. The van der Waals surface area contributed by atoms with E-state index in [-0.39, 0.29) is 24.2 Å². The monoisotopic (exact) mass is 470 g/mol. The van der Waals surface area contributed by atoms with Gasteiger partial charge < -0.3 is 14.2 Å². The van der Waals surface area contributed by atoms with Gasteiger partial charge in [0.15, 0.2) is 0 Å². The van der Waals surface area contributed by atoms with Crippen LogP contribution in [0.4, 0.5) is 0 Å². The van der Waals surface area contributed by atoms with E-state index in [2.05, 4.69) is 20.8 Å².